The Morgan fingerprint density at radius 2 is 2.21 bits per heavy atom. The number of amides is 2. The maximum absolute atomic E-state index is 12.9. The molecule has 2 saturated heterocycles. The van der Waals surface area contributed by atoms with Gasteiger partial charge in [-0.25, -0.2) is 4.98 Å². The van der Waals surface area contributed by atoms with E-state index in [-0.39, 0.29) is 29.8 Å². The first kappa shape index (κ1) is 16.9. The van der Waals surface area contributed by atoms with Gasteiger partial charge in [0, 0.05) is 45.0 Å². The molecule has 1 N–H and O–H groups in total. The van der Waals surface area contributed by atoms with Crippen LogP contribution in [0.3, 0.4) is 0 Å². The third-order valence-electron chi connectivity index (χ3n) is 4.99. The first-order chi connectivity index (χ1) is 11.6. The van der Waals surface area contributed by atoms with Crippen LogP contribution in [-0.4, -0.2) is 61.7 Å². The van der Waals surface area contributed by atoms with Gasteiger partial charge in [-0.3, -0.25) is 9.59 Å². The van der Waals surface area contributed by atoms with Gasteiger partial charge in [-0.05, 0) is 25.0 Å². The molecule has 7 nitrogen and oxygen atoms in total. The van der Waals surface area contributed by atoms with Crippen LogP contribution in [0.1, 0.15) is 12.8 Å². The number of nitrogens with zero attached hydrogens (tertiary/aromatic N) is 2. The first-order valence-electron chi connectivity index (χ1n) is 8.21. The highest BCUT2D eigenvalue weighted by molar-refractivity contribution is 5.93. The molecule has 0 aromatic carbocycles. The van der Waals surface area contributed by atoms with Crippen molar-refractivity contribution >= 4 is 17.6 Å². The van der Waals surface area contributed by atoms with Gasteiger partial charge in [0.1, 0.15) is 12.4 Å². The highest BCUT2D eigenvalue weighted by atomic mass is 16.5. The second kappa shape index (κ2) is 7.27. The van der Waals surface area contributed by atoms with Gasteiger partial charge in [-0.2, -0.15) is 0 Å². The Bertz CT molecular complexity index is 587. The SMILES string of the molecule is COCC(=O)N1CC(C(=O)Nc2ccccn2)C2(CCOCC2)C1. The highest BCUT2D eigenvalue weighted by Gasteiger charge is 2.51. The van der Waals surface area contributed by atoms with Crippen molar-refractivity contribution < 1.29 is 19.1 Å². The van der Waals surface area contributed by atoms with Gasteiger partial charge < -0.3 is 19.7 Å². The van der Waals surface area contributed by atoms with Gasteiger partial charge in [0.15, 0.2) is 0 Å². The lowest BCUT2D eigenvalue weighted by atomic mass is 9.72. The van der Waals surface area contributed by atoms with Crippen LogP contribution < -0.4 is 5.32 Å². The molecule has 0 aliphatic carbocycles. The molecule has 130 valence electrons. The Labute approximate surface area is 141 Å². The van der Waals surface area contributed by atoms with Crippen LogP contribution >= 0.6 is 0 Å². The van der Waals surface area contributed by atoms with Gasteiger partial charge in [-0.1, -0.05) is 6.07 Å². The number of rotatable bonds is 4. The molecule has 7 heteroatoms. The molecule has 0 bridgehead atoms. The van der Waals surface area contributed by atoms with Crippen molar-refractivity contribution in [1.82, 2.24) is 9.88 Å². The van der Waals surface area contributed by atoms with Crippen molar-refractivity contribution in [1.29, 1.82) is 0 Å². The number of ether oxygens (including phenoxy) is 2. The molecule has 1 aromatic rings. The van der Waals surface area contributed by atoms with E-state index in [1.807, 2.05) is 6.07 Å². The van der Waals surface area contributed by atoms with Crippen molar-refractivity contribution in [3.8, 4) is 0 Å². The molecule has 0 radical (unpaired) electrons. The molecule has 1 atom stereocenters. The standard InChI is InChI=1S/C17H23N3O4/c1-23-11-15(21)20-10-13(17(12-20)5-8-24-9-6-17)16(22)19-14-4-2-3-7-18-14/h2-4,7,13H,5-6,8-12H2,1H3,(H,18,19,22). The number of anilines is 1. The van der Waals surface area contributed by atoms with Gasteiger partial charge in [0.25, 0.3) is 0 Å². The van der Waals surface area contributed by atoms with Crippen molar-refractivity contribution in [2.45, 2.75) is 12.8 Å². The zero-order chi connectivity index (χ0) is 17.0. The summed E-state index contributed by atoms with van der Waals surface area (Å²) in [6.45, 7) is 2.29. The Kier molecular flexibility index (Phi) is 5.11. The fourth-order valence-corrected chi connectivity index (χ4v) is 3.67. The van der Waals surface area contributed by atoms with Gasteiger partial charge in [-0.15, -0.1) is 0 Å². The number of methoxy groups -OCH3 is 1. The largest absolute Gasteiger partial charge is 0.381 e. The smallest absolute Gasteiger partial charge is 0.248 e. The van der Waals surface area contributed by atoms with E-state index < -0.39 is 0 Å². The summed E-state index contributed by atoms with van der Waals surface area (Å²) >= 11 is 0. The predicted octanol–water partition coefficient (Wildman–Crippen LogP) is 0.922. The molecule has 1 unspecified atom stereocenters. The van der Waals surface area contributed by atoms with E-state index in [0.29, 0.717) is 32.1 Å². The van der Waals surface area contributed by atoms with E-state index in [4.69, 9.17) is 9.47 Å². The van der Waals surface area contributed by atoms with Gasteiger partial charge in [0.2, 0.25) is 11.8 Å². The summed E-state index contributed by atoms with van der Waals surface area (Å²) in [5.74, 6) is 0.121. The van der Waals surface area contributed by atoms with Crippen LogP contribution in [0.5, 0.6) is 0 Å². The number of likely N-dealkylation sites (tertiary alicyclic amines) is 1. The molecule has 24 heavy (non-hydrogen) atoms. The van der Waals surface area contributed by atoms with E-state index in [1.54, 1.807) is 23.2 Å². The monoisotopic (exact) mass is 333 g/mol. The number of pyridine rings is 1. The van der Waals surface area contributed by atoms with Crippen LogP contribution in [0.25, 0.3) is 0 Å². The minimum atomic E-state index is -0.260. The maximum atomic E-state index is 12.9. The molecule has 3 heterocycles. The van der Waals surface area contributed by atoms with Gasteiger partial charge >= 0.3 is 0 Å². The van der Waals surface area contributed by atoms with Gasteiger partial charge in [0.05, 0.1) is 5.92 Å². The number of hydrogen-bond donors (Lipinski definition) is 1. The molecule has 2 fully saturated rings. The Morgan fingerprint density at radius 3 is 2.88 bits per heavy atom. The molecule has 3 rings (SSSR count). The third kappa shape index (κ3) is 3.42. The molecule has 2 aliphatic rings. The fourth-order valence-electron chi connectivity index (χ4n) is 3.67. The Morgan fingerprint density at radius 1 is 1.42 bits per heavy atom. The summed E-state index contributed by atoms with van der Waals surface area (Å²) in [4.78, 5) is 31.0. The zero-order valence-corrected chi connectivity index (χ0v) is 13.9. The van der Waals surface area contributed by atoms with E-state index in [2.05, 4.69) is 10.3 Å². The van der Waals surface area contributed by atoms with Crippen molar-refractivity contribution in [2.75, 3.05) is 45.3 Å². The Balaban J connectivity index is 1.77. The lowest BCUT2D eigenvalue weighted by Crippen LogP contribution is -2.42. The van der Waals surface area contributed by atoms with E-state index in [1.165, 1.54) is 7.11 Å². The van der Waals surface area contributed by atoms with E-state index >= 15 is 0 Å². The average Bonchev–Trinajstić information content (AvgIpc) is 2.96. The minimum Gasteiger partial charge on any atom is -0.381 e. The molecule has 2 amide bonds. The Hall–Kier alpha value is -1.99. The van der Waals surface area contributed by atoms with Crippen LogP contribution in [-0.2, 0) is 19.1 Å². The number of hydrogen-bond acceptors (Lipinski definition) is 5. The molecular formula is C17H23N3O4. The molecule has 2 aliphatic heterocycles. The molecule has 1 aromatic heterocycles. The lowest BCUT2D eigenvalue weighted by Gasteiger charge is -2.37. The number of carbonyl (C=O) groups excluding carboxylic acids is 2. The zero-order valence-electron chi connectivity index (χ0n) is 13.9. The fraction of sp³-hybridized carbons (Fsp3) is 0.588. The topological polar surface area (TPSA) is 80.8 Å². The molecular weight excluding hydrogens is 310 g/mol. The quantitative estimate of drug-likeness (QED) is 0.886. The first-order valence-corrected chi connectivity index (χ1v) is 8.21. The lowest BCUT2D eigenvalue weighted by molar-refractivity contribution is -0.134. The number of carbonyl (C=O) groups is 2. The maximum Gasteiger partial charge on any atom is 0.248 e. The molecule has 1 spiro atoms. The molecule has 0 saturated carbocycles. The summed E-state index contributed by atoms with van der Waals surface area (Å²) in [6, 6.07) is 5.39. The summed E-state index contributed by atoms with van der Waals surface area (Å²) in [5, 5.41) is 2.89. The number of nitrogens with one attached hydrogen (secondary N) is 1. The summed E-state index contributed by atoms with van der Waals surface area (Å²) in [7, 11) is 1.50. The summed E-state index contributed by atoms with van der Waals surface area (Å²) in [5.41, 5.74) is -0.222. The summed E-state index contributed by atoms with van der Waals surface area (Å²) in [6.07, 6.45) is 3.21. The highest BCUT2D eigenvalue weighted by Crippen LogP contribution is 2.44. The second-order valence-corrected chi connectivity index (χ2v) is 6.44. The van der Waals surface area contributed by atoms with Crippen molar-refractivity contribution in [3.63, 3.8) is 0 Å². The predicted molar refractivity (Wildman–Crippen MR) is 87.3 cm³/mol. The van der Waals surface area contributed by atoms with E-state index in [9.17, 15) is 9.59 Å². The number of aromatic nitrogens is 1. The average molecular weight is 333 g/mol. The normalized spacial score (nSPS) is 22.5. The summed E-state index contributed by atoms with van der Waals surface area (Å²) < 4.78 is 10.4. The van der Waals surface area contributed by atoms with Crippen LogP contribution in [0.2, 0.25) is 0 Å². The van der Waals surface area contributed by atoms with E-state index in [0.717, 1.165) is 12.8 Å². The minimum absolute atomic E-state index is 0.0428. The van der Waals surface area contributed by atoms with Crippen molar-refractivity contribution in [2.24, 2.45) is 11.3 Å². The van der Waals surface area contributed by atoms with Crippen molar-refractivity contribution in [3.05, 3.63) is 24.4 Å². The third-order valence-corrected chi connectivity index (χ3v) is 4.99. The van der Waals surface area contributed by atoms with Crippen LogP contribution in [0.4, 0.5) is 5.82 Å². The van der Waals surface area contributed by atoms with Crippen LogP contribution in [0.15, 0.2) is 24.4 Å². The van der Waals surface area contributed by atoms with Crippen LogP contribution in [0, 0.1) is 11.3 Å². The second-order valence-electron chi connectivity index (χ2n) is 6.44.